The van der Waals surface area contributed by atoms with E-state index in [1.54, 1.807) is 0 Å². The molecular formula is C20H27ClN8O. The average Bonchev–Trinajstić information content (AvgIpc) is 2.76. The lowest BCUT2D eigenvalue weighted by Gasteiger charge is -2.27. The molecule has 1 aliphatic rings. The fourth-order valence-electron chi connectivity index (χ4n) is 3.57. The second-order valence-electron chi connectivity index (χ2n) is 7.50. The number of hydrogen-bond acceptors (Lipinski definition) is 7. The van der Waals surface area contributed by atoms with Crippen molar-refractivity contribution in [2.24, 2.45) is 33.5 Å². The third kappa shape index (κ3) is 6.28. The van der Waals surface area contributed by atoms with Gasteiger partial charge in [-0.3, -0.25) is 4.99 Å². The maximum Gasteiger partial charge on any atom is 0.225 e. The molecule has 1 aromatic carbocycles. The molecule has 1 heterocycles. The first-order chi connectivity index (χ1) is 14.5. The average molecular weight is 431 g/mol. The van der Waals surface area contributed by atoms with Gasteiger partial charge >= 0.3 is 0 Å². The van der Waals surface area contributed by atoms with Crippen LogP contribution in [0.25, 0.3) is 0 Å². The van der Waals surface area contributed by atoms with Gasteiger partial charge in [0.15, 0.2) is 17.5 Å². The minimum atomic E-state index is 0.149. The Morgan fingerprint density at radius 2 is 1.87 bits per heavy atom. The van der Waals surface area contributed by atoms with Crippen molar-refractivity contribution in [2.75, 3.05) is 23.7 Å². The number of nitrogens with zero attached hydrogens (tertiary/aromatic N) is 4. The Bertz CT molecular complexity index is 879. The van der Waals surface area contributed by atoms with E-state index in [0.717, 1.165) is 37.8 Å². The summed E-state index contributed by atoms with van der Waals surface area (Å²) in [5.74, 6) is 2.01. The quantitative estimate of drug-likeness (QED) is 0.270. The van der Waals surface area contributed by atoms with Crippen molar-refractivity contribution in [3.05, 3.63) is 46.0 Å². The monoisotopic (exact) mass is 430 g/mol. The van der Waals surface area contributed by atoms with Crippen LogP contribution in [0.15, 0.2) is 40.6 Å². The summed E-state index contributed by atoms with van der Waals surface area (Å²) in [6.07, 6.45) is 5.73. The molecule has 0 atom stereocenters. The Labute approximate surface area is 180 Å². The van der Waals surface area contributed by atoms with Crippen molar-refractivity contribution in [2.45, 2.75) is 32.2 Å². The first-order valence-electron chi connectivity index (χ1n) is 10.0. The third-order valence-electron chi connectivity index (χ3n) is 5.32. The Morgan fingerprint density at radius 1 is 1.13 bits per heavy atom. The number of rotatable bonds is 9. The van der Waals surface area contributed by atoms with Crippen molar-refractivity contribution in [1.82, 2.24) is 9.97 Å². The molecule has 30 heavy (non-hydrogen) atoms. The molecule has 0 amide bonds. The highest BCUT2D eigenvalue weighted by atomic mass is 35.5. The number of guanidine groups is 1. The van der Waals surface area contributed by atoms with Gasteiger partial charge in [0.2, 0.25) is 5.95 Å². The van der Waals surface area contributed by atoms with E-state index in [9.17, 15) is 4.91 Å². The molecule has 1 aromatic heterocycles. The number of anilines is 2. The maximum atomic E-state index is 11.1. The number of benzene rings is 1. The lowest BCUT2D eigenvalue weighted by atomic mass is 9.82. The minimum absolute atomic E-state index is 0.149. The summed E-state index contributed by atoms with van der Waals surface area (Å²) in [4.78, 5) is 23.8. The van der Waals surface area contributed by atoms with Crippen LogP contribution in [-0.2, 0) is 6.54 Å². The van der Waals surface area contributed by atoms with Gasteiger partial charge in [0.05, 0.1) is 6.20 Å². The SMILES string of the molecule is NC(N)=NCC1CCC(CNc2nc(NCc3ccccc3Cl)ncc2N=O)CC1. The summed E-state index contributed by atoms with van der Waals surface area (Å²) in [6.45, 7) is 1.89. The molecule has 2 aromatic rings. The summed E-state index contributed by atoms with van der Waals surface area (Å²) in [7, 11) is 0. The van der Waals surface area contributed by atoms with Crippen LogP contribution < -0.4 is 22.1 Å². The smallest absolute Gasteiger partial charge is 0.225 e. The van der Waals surface area contributed by atoms with E-state index in [4.69, 9.17) is 23.1 Å². The van der Waals surface area contributed by atoms with E-state index in [-0.39, 0.29) is 11.6 Å². The Balaban J connectivity index is 1.54. The lowest BCUT2D eigenvalue weighted by Crippen LogP contribution is -2.26. The zero-order valence-corrected chi connectivity index (χ0v) is 17.5. The Morgan fingerprint density at radius 3 is 2.57 bits per heavy atom. The van der Waals surface area contributed by atoms with E-state index in [2.05, 4.69) is 30.8 Å². The van der Waals surface area contributed by atoms with E-state index in [0.29, 0.717) is 41.7 Å². The Kier molecular flexibility index (Phi) is 7.78. The molecule has 160 valence electrons. The van der Waals surface area contributed by atoms with E-state index in [1.807, 2.05) is 24.3 Å². The normalized spacial score (nSPS) is 18.4. The molecule has 0 radical (unpaired) electrons. The first kappa shape index (κ1) is 21.8. The molecular weight excluding hydrogens is 404 g/mol. The van der Waals surface area contributed by atoms with E-state index >= 15 is 0 Å². The van der Waals surface area contributed by atoms with Crippen LogP contribution >= 0.6 is 11.6 Å². The number of hydrogen-bond donors (Lipinski definition) is 4. The summed E-state index contributed by atoms with van der Waals surface area (Å²) in [6, 6.07) is 7.56. The van der Waals surface area contributed by atoms with Gasteiger partial charge in [-0.05, 0) is 54.3 Å². The number of nitrogens with two attached hydrogens (primary N) is 2. The Hall–Kier alpha value is -2.94. The summed E-state index contributed by atoms with van der Waals surface area (Å²) in [5.41, 5.74) is 12.0. The fraction of sp³-hybridized carbons (Fsp3) is 0.450. The zero-order chi connectivity index (χ0) is 21.3. The van der Waals surface area contributed by atoms with Gasteiger partial charge in [-0.2, -0.15) is 4.98 Å². The maximum absolute atomic E-state index is 11.1. The number of halogens is 1. The van der Waals surface area contributed by atoms with Crippen LogP contribution in [0.5, 0.6) is 0 Å². The highest BCUT2D eigenvalue weighted by molar-refractivity contribution is 6.31. The molecule has 10 heteroatoms. The second-order valence-corrected chi connectivity index (χ2v) is 7.90. The van der Waals surface area contributed by atoms with Crippen molar-refractivity contribution >= 4 is 35.0 Å². The number of aromatic nitrogens is 2. The fourth-order valence-corrected chi connectivity index (χ4v) is 3.77. The first-order valence-corrected chi connectivity index (χ1v) is 10.4. The summed E-state index contributed by atoms with van der Waals surface area (Å²) < 4.78 is 0. The molecule has 0 unspecified atom stereocenters. The molecule has 0 aliphatic heterocycles. The minimum Gasteiger partial charge on any atom is -0.370 e. The van der Waals surface area contributed by atoms with Gasteiger partial charge in [-0.25, -0.2) is 4.98 Å². The molecule has 0 spiro atoms. The largest absolute Gasteiger partial charge is 0.370 e. The molecule has 3 rings (SSSR count). The van der Waals surface area contributed by atoms with Crippen LogP contribution in [0.2, 0.25) is 5.02 Å². The van der Waals surface area contributed by atoms with Crippen LogP contribution in [-0.4, -0.2) is 29.0 Å². The summed E-state index contributed by atoms with van der Waals surface area (Å²) >= 11 is 6.18. The van der Waals surface area contributed by atoms with Gasteiger partial charge in [-0.1, -0.05) is 29.8 Å². The molecule has 1 aliphatic carbocycles. The van der Waals surface area contributed by atoms with Gasteiger partial charge in [0, 0.05) is 24.7 Å². The van der Waals surface area contributed by atoms with Gasteiger partial charge < -0.3 is 22.1 Å². The van der Waals surface area contributed by atoms with Crippen LogP contribution in [0.1, 0.15) is 31.2 Å². The summed E-state index contributed by atoms with van der Waals surface area (Å²) in [5, 5.41) is 10.1. The van der Waals surface area contributed by atoms with Crippen molar-refractivity contribution in [3.8, 4) is 0 Å². The van der Waals surface area contributed by atoms with Gasteiger partial charge in [-0.15, -0.1) is 4.91 Å². The molecule has 1 fully saturated rings. The van der Waals surface area contributed by atoms with E-state index in [1.165, 1.54) is 6.20 Å². The molecule has 0 saturated heterocycles. The standard InChI is InChI=1S/C20H27ClN8O/c21-16-4-2-1-3-15(16)11-26-20-27-12-17(29-30)18(28-20)24-9-13-5-7-14(8-6-13)10-25-19(22)23/h1-4,12-14H,5-11H2,(H4,22,23,25)(H2,24,26,27,28). The second kappa shape index (κ2) is 10.7. The zero-order valence-electron chi connectivity index (χ0n) is 16.7. The molecule has 0 bridgehead atoms. The topological polar surface area (TPSA) is 144 Å². The highest BCUT2D eigenvalue weighted by Crippen LogP contribution is 2.30. The molecule has 1 saturated carbocycles. The van der Waals surface area contributed by atoms with Crippen molar-refractivity contribution in [3.63, 3.8) is 0 Å². The van der Waals surface area contributed by atoms with E-state index < -0.39 is 0 Å². The van der Waals surface area contributed by atoms with Crippen molar-refractivity contribution < 1.29 is 0 Å². The molecule has 6 N–H and O–H groups in total. The number of nitroso groups, excluding NO2 is 1. The lowest BCUT2D eigenvalue weighted by molar-refractivity contribution is 0.289. The predicted octanol–water partition coefficient (Wildman–Crippen LogP) is 3.63. The number of aliphatic imine (C=N–C) groups is 1. The number of nitrogens with one attached hydrogen (secondary N) is 2. The van der Waals surface area contributed by atoms with Crippen molar-refractivity contribution in [1.29, 1.82) is 0 Å². The van der Waals surface area contributed by atoms with Gasteiger partial charge in [0.1, 0.15) is 0 Å². The van der Waals surface area contributed by atoms with Crippen LogP contribution in [0.3, 0.4) is 0 Å². The third-order valence-corrected chi connectivity index (χ3v) is 5.69. The highest BCUT2D eigenvalue weighted by Gasteiger charge is 2.21. The van der Waals surface area contributed by atoms with Crippen LogP contribution in [0, 0.1) is 16.7 Å². The molecule has 9 nitrogen and oxygen atoms in total. The predicted molar refractivity (Wildman–Crippen MR) is 121 cm³/mol. The van der Waals surface area contributed by atoms with Crippen LogP contribution in [0.4, 0.5) is 17.5 Å². The van der Waals surface area contributed by atoms with Gasteiger partial charge in [0.25, 0.3) is 0 Å².